The third-order valence-corrected chi connectivity index (χ3v) is 10.6. The number of rotatable bonds is 20. The molecule has 0 rings (SSSR count). The van der Waals surface area contributed by atoms with E-state index in [1.807, 2.05) is 13.8 Å². The second kappa shape index (κ2) is 14.9. The highest BCUT2D eigenvalue weighted by Crippen LogP contribution is 2.38. The van der Waals surface area contributed by atoms with Crippen LogP contribution in [-0.4, -0.2) is 46.8 Å². The van der Waals surface area contributed by atoms with E-state index in [4.69, 9.17) is 9.88 Å². The fraction of sp³-hybridized carbons (Fsp3) is 1.00. The van der Waals surface area contributed by atoms with Crippen LogP contribution >= 0.6 is 0 Å². The van der Waals surface area contributed by atoms with Crippen LogP contribution in [0.2, 0.25) is 0 Å². The average Bonchev–Trinajstić information content (AvgIpc) is 2.70. The Bertz CT molecular complexity index is 666. The number of primary sulfonamides is 1. The molecule has 0 aliphatic carbocycles. The van der Waals surface area contributed by atoms with E-state index in [2.05, 4.69) is 13.8 Å². The Labute approximate surface area is 193 Å². The standard InChI is InChI=1S/C23H49NO5S2/c1-6-22(7-2,17-12-15-21-31(24,27)28)16-10-13-19-29-20-14-11-18-23(8-3,9-4)30(5,25)26/h6-21H2,1-5H3,(H2,24,27,28). The van der Waals surface area contributed by atoms with Crippen molar-refractivity contribution in [3.8, 4) is 0 Å². The van der Waals surface area contributed by atoms with Crippen LogP contribution in [-0.2, 0) is 24.6 Å². The van der Waals surface area contributed by atoms with Gasteiger partial charge in [0.25, 0.3) is 0 Å². The van der Waals surface area contributed by atoms with Crippen molar-refractivity contribution in [3.05, 3.63) is 0 Å². The maximum absolute atomic E-state index is 12.1. The largest absolute Gasteiger partial charge is 0.381 e. The molecule has 0 radical (unpaired) electrons. The normalized spacial score (nSPS) is 13.6. The molecule has 0 amide bonds. The first-order chi connectivity index (χ1) is 14.4. The van der Waals surface area contributed by atoms with Gasteiger partial charge in [0.1, 0.15) is 0 Å². The monoisotopic (exact) mass is 483 g/mol. The summed E-state index contributed by atoms with van der Waals surface area (Å²) in [7, 11) is -6.40. The third kappa shape index (κ3) is 12.0. The number of unbranched alkanes of at least 4 members (excludes halogenated alkanes) is 3. The molecule has 0 bridgehead atoms. The number of ether oxygens (including phenoxy) is 1. The summed E-state index contributed by atoms with van der Waals surface area (Å²) in [4.78, 5) is 0. The van der Waals surface area contributed by atoms with E-state index in [0.29, 0.717) is 32.3 Å². The summed E-state index contributed by atoms with van der Waals surface area (Å²) in [6, 6.07) is 0. The van der Waals surface area contributed by atoms with Gasteiger partial charge in [-0.2, -0.15) is 0 Å². The zero-order chi connectivity index (χ0) is 24.0. The van der Waals surface area contributed by atoms with Gasteiger partial charge in [0, 0.05) is 19.5 Å². The minimum Gasteiger partial charge on any atom is -0.381 e. The van der Waals surface area contributed by atoms with Crippen molar-refractivity contribution in [3.63, 3.8) is 0 Å². The Morgan fingerprint density at radius 3 is 1.52 bits per heavy atom. The molecule has 0 unspecified atom stereocenters. The molecule has 0 aromatic heterocycles. The Hall–Kier alpha value is -0.180. The molecule has 0 aromatic rings. The molecule has 8 heteroatoms. The van der Waals surface area contributed by atoms with Crippen LogP contribution in [0.1, 0.15) is 111 Å². The van der Waals surface area contributed by atoms with Crippen LogP contribution in [0, 0.1) is 5.41 Å². The lowest BCUT2D eigenvalue weighted by Gasteiger charge is -2.32. The van der Waals surface area contributed by atoms with Crippen LogP contribution in [0.3, 0.4) is 0 Å². The first-order valence-corrected chi connectivity index (χ1v) is 15.8. The van der Waals surface area contributed by atoms with E-state index in [1.54, 1.807) is 0 Å². The van der Waals surface area contributed by atoms with E-state index in [-0.39, 0.29) is 11.2 Å². The zero-order valence-corrected chi connectivity index (χ0v) is 22.4. The Balaban J connectivity index is 4.10. The van der Waals surface area contributed by atoms with E-state index >= 15 is 0 Å². The second-order valence-corrected chi connectivity index (χ2v) is 13.4. The summed E-state index contributed by atoms with van der Waals surface area (Å²) >= 11 is 0. The smallest absolute Gasteiger partial charge is 0.209 e. The topological polar surface area (TPSA) is 104 Å². The molecule has 0 aromatic carbocycles. The molecule has 0 atom stereocenters. The van der Waals surface area contributed by atoms with Gasteiger partial charge in [-0.1, -0.05) is 53.4 Å². The molecule has 0 fully saturated rings. The van der Waals surface area contributed by atoms with Crippen molar-refractivity contribution in [1.29, 1.82) is 0 Å². The minimum atomic E-state index is -3.35. The molecule has 31 heavy (non-hydrogen) atoms. The summed E-state index contributed by atoms with van der Waals surface area (Å²) < 4.78 is 51.7. The molecule has 0 spiro atoms. The third-order valence-electron chi connectivity index (χ3n) is 7.38. The summed E-state index contributed by atoms with van der Waals surface area (Å²) in [5.74, 6) is 0.0756. The SMILES string of the molecule is CCC(CC)(CCCCOCCCCC(CC)(CC)S(C)(=O)=O)CCCCS(N)(=O)=O. The zero-order valence-electron chi connectivity index (χ0n) is 20.7. The van der Waals surface area contributed by atoms with Gasteiger partial charge in [0.05, 0.1) is 10.5 Å². The van der Waals surface area contributed by atoms with Gasteiger partial charge in [0.15, 0.2) is 9.84 Å². The maximum Gasteiger partial charge on any atom is 0.209 e. The summed E-state index contributed by atoms with van der Waals surface area (Å²) in [6.45, 7) is 9.81. The van der Waals surface area contributed by atoms with Crippen LogP contribution in [0.25, 0.3) is 0 Å². The van der Waals surface area contributed by atoms with Crippen LogP contribution in [0.15, 0.2) is 0 Å². The summed E-state index contributed by atoms with van der Waals surface area (Å²) in [5.41, 5.74) is 0.285. The molecular weight excluding hydrogens is 434 g/mol. The molecule has 0 aliphatic rings. The van der Waals surface area contributed by atoms with E-state index in [1.165, 1.54) is 6.26 Å². The molecule has 0 aliphatic heterocycles. The van der Waals surface area contributed by atoms with Crippen LogP contribution < -0.4 is 5.14 Å². The predicted molar refractivity (Wildman–Crippen MR) is 132 cm³/mol. The van der Waals surface area contributed by atoms with Gasteiger partial charge >= 0.3 is 0 Å². The number of sulfone groups is 1. The first-order valence-electron chi connectivity index (χ1n) is 12.2. The Kier molecular flexibility index (Phi) is 14.8. The molecule has 0 saturated heterocycles. The van der Waals surface area contributed by atoms with Gasteiger partial charge in [-0.05, 0) is 63.2 Å². The predicted octanol–water partition coefficient (Wildman–Crippen LogP) is 5.21. The van der Waals surface area contributed by atoms with Crippen molar-refractivity contribution in [2.45, 2.75) is 116 Å². The van der Waals surface area contributed by atoms with Gasteiger partial charge in [-0.3, -0.25) is 0 Å². The number of nitrogens with two attached hydrogens (primary N) is 1. The van der Waals surface area contributed by atoms with Crippen molar-refractivity contribution >= 4 is 19.9 Å². The molecule has 188 valence electrons. The minimum absolute atomic E-state index is 0.0756. The Morgan fingerprint density at radius 1 is 0.677 bits per heavy atom. The lowest BCUT2D eigenvalue weighted by Crippen LogP contribution is -2.36. The second-order valence-electron chi connectivity index (χ2n) is 9.22. The van der Waals surface area contributed by atoms with Gasteiger partial charge < -0.3 is 4.74 Å². The maximum atomic E-state index is 12.1. The number of sulfonamides is 1. The fourth-order valence-electron chi connectivity index (χ4n) is 4.66. The highest BCUT2D eigenvalue weighted by atomic mass is 32.2. The van der Waals surface area contributed by atoms with E-state index < -0.39 is 24.6 Å². The van der Waals surface area contributed by atoms with E-state index in [0.717, 1.165) is 64.4 Å². The van der Waals surface area contributed by atoms with Crippen molar-refractivity contribution in [2.24, 2.45) is 10.6 Å². The molecule has 2 N–H and O–H groups in total. The summed E-state index contributed by atoms with van der Waals surface area (Å²) in [5, 5.41) is 5.09. The lowest BCUT2D eigenvalue weighted by molar-refractivity contribution is 0.118. The molecule has 0 saturated carbocycles. The number of hydrogen-bond donors (Lipinski definition) is 1. The molecule has 0 heterocycles. The highest BCUT2D eigenvalue weighted by Gasteiger charge is 2.36. The molecular formula is C23H49NO5S2. The number of hydrogen-bond acceptors (Lipinski definition) is 5. The van der Waals surface area contributed by atoms with Crippen LogP contribution in [0.5, 0.6) is 0 Å². The lowest BCUT2D eigenvalue weighted by atomic mass is 9.74. The van der Waals surface area contributed by atoms with Gasteiger partial charge in [0.2, 0.25) is 10.0 Å². The van der Waals surface area contributed by atoms with Crippen LogP contribution in [0.4, 0.5) is 0 Å². The Morgan fingerprint density at radius 2 is 1.13 bits per heavy atom. The average molecular weight is 484 g/mol. The first kappa shape index (κ1) is 30.8. The van der Waals surface area contributed by atoms with Gasteiger partial charge in [-0.25, -0.2) is 22.0 Å². The van der Waals surface area contributed by atoms with Crippen molar-refractivity contribution < 1.29 is 21.6 Å². The summed E-state index contributed by atoms with van der Waals surface area (Å²) in [6.07, 6.45) is 13.3. The quantitative estimate of drug-likeness (QED) is 0.239. The fourth-order valence-corrected chi connectivity index (χ4v) is 6.83. The molecule has 6 nitrogen and oxygen atoms in total. The van der Waals surface area contributed by atoms with Crippen molar-refractivity contribution in [1.82, 2.24) is 0 Å². The van der Waals surface area contributed by atoms with Gasteiger partial charge in [-0.15, -0.1) is 0 Å². The van der Waals surface area contributed by atoms with E-state index in [9.17, 15) is 16.8 Å². The highest BCUT2D eigenvalue weighted by molar-refractivity contribution is 7.92. The van der Waals surface area contributed by atoms with Crippen molar-refractivity contribution in [2.75, 3.05) is 25.2 Å².